The average molecular weight is 202 g/mol. The Balaban J connectivity index is 2.84. The van der Waals surface area contributed by atoms with E-state index in [1.165, 1.54) is 6.08 Å². The summed E-state index contributed by atoms with van der Waals surface area (Å²) in [6, 6.07) is 0. The van der Waals surface area contributed by atoms with Gasteiger partial charge in [0, 0.05) is 5.57 Å². The minimum Gasteiger partial charge on any atom is -0.290 e. The van der Waals surface area contributed by atoms with Crippen LogP contribution in [0.4, 0.5) is 13.2 Å². The summed E-state index contributed by atoms with van der Waals surface area (Å²) in [5.74, 6) is -0.303. The van der Waals surface area contributed by atoms with Gasteiger partial charge in [-0.05, 0) is 24.5 Å². The lowest BCUT2D eigenvalue weighted by Crippen LogP contribution is -2.15. The number of allylic oxidation sites excluding steroid dienone is 5. The molecule has 0 unspecified atom stereocenters. The Bertz CT molecular complexity index is 321. The first-order chi connectivity index (χ1) is 6.45. The molecule has 0 radical (unpaired) electrons. The molecule has 0 saturated heterocycles. The summed E-state index contributed by atoms with van der Waals surface area (Å²) in [5.41, 5.74) is -0.203. The van der Waals surface area contributed by atoms with Crippen molar-refractivity contribution in [2.45, 2.75) is 19.0 Å². The third-order valence-electron chi connectivity index (χ3n) is 2.02. The molecule has 76 valence electrons. The number of carbonyl (C=O) groups excluding carboxylic acids is 1. The van der Waals surface area contributed by atoms with Crippen LogP contribution in [0.25, 0.3) is 0 Å². The van der Waals surface area contributed by atoms with Gasteiger partial charge in [0.2, 0.25) is 0 Å². The lowest BCUT2D eigenvalue weighted by molar-refractivity contribution is -0.111. The van der Waals surface area contributed by atoms with E-state index < -0.39 is 11.7 Å². The van der Waals surface area contributed by atoms with Crippen LogP contribution >= 0.6 is 0 Å². The van der Waals surface area contributed by atoms with E-state index in [1.54, 1.807) is 0 Å². The van der Waals surface area contributed by atoms with E-state index in [2.05, 4.69) is 6.58 Å². The molecule has 0 N–H and O–H groups in total. The van der Waals surface area contributed by atoms with Gasteiger partial charge in [-0.3, -0.25) is 4.79 Å². The number of ketones is 1. The molecule has 0 spiro atoms. The molecule has 0 aliphatic heterocycles. The maximum atomic E-state index is 12.1. The first-order valence-corrected chi connectivity index (χ1v) is 4.09. The number of alkyl halides is 3. The van der Waals surface area contributed by atoms with Crippen molar-refractivity contribution in [3.05, 3.63) is 36.0 Å². The maximum Gasteiger partial charge on any atom is 0.412 e. The van der Waals surface area contributed by atoms with Gasteiger partial charge < -0.3 is 0 Å². The molecule has 0 heterocycles. The first kappa shape index (κ1) is 10.8. The summed E-state index contributed by atoms with van der Waals surface area (Å²) < 4.78 is 36.4. The van der Waals surface area contributed by atoms with E-state index in [0.29, 0.717) is 5.57 Å². The van der Waals surface area contributed by atoms with Crippen molar-refractivity contribution < 1.29 is 18.0 Å². The van der Waals surface area contributed by atoms with Gasteiger partial charge in [-0.25, -0.2) is 0 Å². The highest BCUT2D eigenvalue weighted by atomic mass is 19.4. The number of hydrogen-bond acceptors (Lipinski definition) is 1. The molecule has 0 aromatic rings. The predicted octanol–water partition coefficient (Wildman–Crippen LogP) is 2.95. The second kappa shape index (κ2) is 3.82. The standard InChI is InChI=1S/C10H9F3O/c1-2-9(14)7-3-5-8(6-4-7)10(11,12)13/h2-3,5H,1,4,6H2. The van der Waals surface area contributed by atoms with Crippen molar-refractivity contribution in [1.29, 1.82) is 0 Å². The molecule has 0 atom stereocenters. The summed E-state index contributed by atoms with van der Waals surface area (Å²) in [4.78, 5) is 11.0. The highest BCUT2D eigenvalue weighted by Crippen LogP contribution is 2.32. The maximum absolute atomic E-state index is 12.1. The molecular formula is C10H9F3O. The molecule has 14 heavy (non-hydrogen) atoms. The van der Waals surface area contributed by atoms with Gasteiger partial charge in [0.15, 0.2) is 5.78 Å². The average Bonchev–Trinajstić information content (AvgIpc) is 2.15. The number of rotatable bonds is 2. The van der Waals surface area contributed by atoms with Crippen molar-refractivity contribution in [2.24, 2.45) is 0 Å². The summed E-state index contributed by atoms with van der Waals surface area (Å²) in [5, 5.41) is 0. The van der Waals surface area contributed by atoms with Gasteiger partial charge >= 0.3 is 6.18 Å². The van der Waals surface area contributed by atoms with Gasteiger partial charge in [-0.2, -0.15) is 13.2 Å². The second-order valence-corrected chi connectivity index (χ2v) is 2.95. The molecule has 1 aliphatic carbocycles. The molecular weight excluding hydrogens is 193 g/mol. The fraction of sp³-hybridized carbons (Fsp3) is 0.300. The van der Waals surface area contributed by atoms with Gasteiger partial charge in [0.25, 0.3) is 0 Å². The summed E-state index contributed by atoms with van der Waals surface area (Å²) >= 11 is 0. The molecule has 0 amide bonds. The monoisotopic (exact) mass is 202 g/mol. The Kier molecular flexibility index (Phi) is 2.93. The molecule has 4 heteroatoms. The van der Waals surface area contributed by atoms with Crippen molar-refractivity contribution in [2.75, 3.05) is 0 Å². The van der Waals surface area contributed by atoms with Crippen LogP contribution in [0.1, 0.15) is 12.8 Å². The summed E-state index contributed by atoms with van der Waals surface area (Å²) in [6.45, 7) is 3.27. The van der Waals surface area contributed by atoms with Crippen LogP contribution < -0.4 is 0 Å². The van der Waals surface area contributed by atoms with E-state index in [9.17, 15) is 18.0 Å². The Morgan fingerprint density at radius 1 is 1.36 bits per heavy atom. The Morgan fingerprint density at radius 2 is 2.00 bits per heavy atom. The summed E-state index contributed by atoms with van der Waals surface area (Å²) in [6.07, 6.45) is -0.987. The normalized spacial score (nSPS) is 17.1. The van der Waals surface area contributed by atoms with E-state index in [1.807, 2.05) is 0 Å². The molecule has 0 fully saturated rings. The van der Waals surface area contributed by atoms with Crippen LogP contribution in [0, 0.1) is 0 Å². The molecule has 1 nitrogen and oxygen atoms in total. The quantitative estimate of drug-likeness (QED) is 0.629. The molecule has 0 aromatic carbocycles. The first-order valence-electron chi connectivity index (χ1n) is 4.09. The third-order valence-corrected chi connectivity index (χ3v) is 2.02. The Hall–Kier alpha value is -1.32. The van der Waals surface area contributed by atoms with Crippen LogP contribution in [0.2, 0.25) is 0 Å². The molecule has 1 aliphatic rings. The van der Waals surface area contributed by atoms with Crippen molar-refractivity contribution in [3.63, 3.8) is 0 Å². The molecule has 0 saturated carbocycles. The smallest absolute Gasteiger partial charge is 0.290 e. The Morgan fingerprint density at radius 3 is 2.36 bits per heavy atom. The van der Waals surface area contributed by atoms with Crippen LogP contribution in [0.15, 0.2) is 36.0 Å². The minimum absolute atomic E-state index is 0.130. The van der Waals surface area contributed by atoms with E-state index in [4.69, 9.17) is 0 Å². The fourth-order valence-corrected chi connectivity index (χ4v) is 1.21. The van der Waals surface area contributed by atoms with Crippen molar-refractivity contribution in [1.82, 2.24) is 0 Å². The van der Waals surface area contributed by atoms with Gasteiger partial charge in [-0.15, -0.1) is 0 Å². The van der Waals surface area contributed by atoms with Gasteiger partial charge in [0.1, 0.15) is 0 Å². The third kappa shape index (κ3) is 2.34. The molecule has 0 bridgehead atoms. The Labute approximate surface area is 79.6 Å². The number of halogens is 3. The number of hydrogen-bond donors (Lipinski definition) is 0. The van der Waals surface area contributed by atoms with Gasteiger partial charge in [0.05, 0.1) is 0 Å². The highest BCUT2D eigenvalue weighted by molar-refractivity contribution is 6.03. The zero-order chi connectivity index (χ0) is 10.8. The zero-order valence-electron chi connectivity index (χ0n) is 7.40. The van der Waals surface area contributed by atoms with Crippen LogP contribution in [-0.2, 0) is 4.79 Å². The largest absolute Gasteiger partial charge is 0.412 e. The van der Waals surface area contributed by atoms with Crippen molar-refractivity contribution >= 4 is 5.78 Å². The fourth-order valence-electron chi connectivity index (χ4n) is 1.21. The van der Waals surface area contributed by atoms with Crippen LogP contribution in [0.3, 0.4) is 0 Å². The zero-order valence-corrected chi connectivity index (χ0v) is 7.40. The van der Waals surface area contributed by atoms with E-state index in [0.717, 1.165) is 12.2 Å². The van der Waals surface area contributed by atoms with E-state index >= 15 is 0 Å². The van der Waals surface area contributed by atoms with E-state index in [-0.39, 0.29) is 18.6 Å². The lowest BCUT2D eigenvalue weighted by atomic mass is 9.95. The van der Waals surface area contributed by atoms with Crippen LogP contribution in [0.5, 0.6) is 0 Å². The summed E-state index contributed by atoms with van der Waals surface area (Å²) in [7, 11) is 0. The minimum atomic E-state index is -4.28. The van der Waals surface area contributed by atoms with Crippen LogP contribution in [-0.4, -0.2) is 12.0 Å². The lowest BCUT2D eigenvalue weighted by Gasteiger charge is -2.15. The number of carbonyl (C=O) groups is 1. The SMILES string of the molecule is C=CC(=O)C1=CC=C(C(F)(F)F)CC1. The highest BCUT2D eigenvalue weighted by Gasteiger charge is 2.33. The molecule has 0 aromatic heterocycles. The topological polar surface area (TPSA) is 17.1 Å². The van der Waals surface area contributed by atoms with Gasteiger partial charge in [-0.1, -0.05) is 18.7 Å². The van der Waals surface area contributed by atoms with Crippen molar-refractivity contribution in [3.8, 4) is 0 Å². The second-order valence-electron chi connectivity index (χ2n) is 2.95. The predicted molar refractivity (Wildman–Crippen MR) is 46.7 cm³/mol. The molecule has 1 rings (SSSR count).